The van der Waals surface area contributed by atoms with Crippen LogP contribution in [0.15, 0.2) is 71.7 Å². The van der Waals surface area contributed by atoms with Crippen molar-refractivity contribution in [2.75, 3.05) is 11.9 Å². The molecule has 2 rings (SSSR count). The van der Waals surface area contributed by atoms with Gasteiger partial charge >= 0.3 is 0 Å². The number of carbonyl (C=O) groups is 1. The number of nitriles is 1. The maximum atomic E-state index is 12.3. The fourth-order valence-electron chi connectivity index (χ4n) is 2.06. The van der Waals surface area contributed by atoms with E-state index < -0.39 is 15.9 Å². The smallest absolute Gasteiger partial charge is 0.266 e. The number of benzene rings is 2. The lowest BCUT2D eigenvalue weighted by Crippen LogP contribution is -2.14. The fraction of sp³-hybridized carbons (Fsp3) is 0.0526. The highest BCUT2D eigenvalue weighted by molar-refractivity contribution is 7.89. The molecule has 7 nitrogen and oxygen atoms in total. The van der Waals surface area contributed by atoms with Crippen LogP contribution in [0.5, 0.6) is 5.75 Å². The Morgan fingerprint density at radius 3 is 2.33 bits per heavy atom. The van der Waals surface area contributed by atoms with Crippen LogP contribution in [0.2, 0.25) is 0 Å². The van der Waals surface area contributed by atoms with E-state index in [0.29, 0.717) is 23.6 Å². The van der Waals surface area contributed by atoms with Gasteiger partial charge in [-0.15, -0.1) is 0 Å². The number of nitrogens with one attached hydrogen (secondary N) is 1. The van der Waals surface area contributed by atoms with Crippen molar-refractivity contribution in [3.05, 3.63) is 72.3 Å². The summed E-state index contributed by atoms with van der Waals surface area (Å²) >= 11 is 0. The van der Waals surface area contributed by atoms with E-state index in [4.69, 9.17) is 9.88 Å². The number of nitrogens with zero attached hydrogens (tertiary/aromatic N) is 1. The standard InChI is InChI=1S/C19H17N3O4S/c1-2-11-26-17-7-3-14(4-8-17)12-15(13-20)19(23)22-16-5-9-18(10-6-16)27(21,24)25/h2-10,12H,1,11H2,(H,22,23)(H2,21,24,25)/b15-12+. The maximum absolute atomic E-state index is 12.3. The van der Waals surface area contributed by atoms with Crippen molar-refractivity contribution < 1.29 is 17.9 Å². The number of hydrogen-bond donors (Lipinski definition) is 2. The second kappa shape index (κ2) is 8.80. The first-order chi connectivity index (χ1) is 12.8. The minimum atomic E-state index is -3.81. The zero-order valence-corrected chi connectivity index (χ0v) is 15.1. The molecule has 0 saturated heterocycles. The van der Waals surface area contributed by atoms with E-state index in [1.807, 2.05) is 6.07 Å². The van der Waals surface area contributed by atoms with Gasteiger partial charge in [-0.3, -0.25) is 4.79 Å². The number of rotatable bonds is 7. The second-order valence-corrected chi connectivity index (χ2v) is 6.92. The van der Waals surface area contributed by atoms with E-state index in [1.54, 1.807) is 30.3 Å². The highest BCUT2D eigenvalue weighted by Gasteiger charge is 2.11. The lowest BCUT2D eigenvalue weighted by Gasteiger charge is -2.06. The van der Waals surface area contributed by atoms with Gasteiger partial charge < -0.3 is 10.1 Å². The summed E-state index contributed by atoms with van der Waals surface area (Å²) in [5.41, 5.74) is 0.879. The van der Waals surface area contributed by atoms with Crippen LogP contribution in [0.25, 0.3) is 6.08 Å². The molecule has 0 radical (unpaired) electrons. The number of hydrogen-bond acceptors (Lipinski definition) is 5. The van der Waals surface area contributed by atoms with E-state index in [1.165, 1.54) is 30.3 Å². The van der Waals surface area contributed by atoms with Gasteiger partial charge in [0, 0.05) is 5.69 Å². The van der Waals surface area contributed by atoms with Crippen molar-refractivity contribution in [1.82, 2.24) is 0 Å². The number of anilines is 1. The summed E-state index contributed by atoms with van der Waals surface area (Å²) in [6.45, 7) is 3.94. The predicted octanol–water partition coefficient (Wildman–Crippen LogP) is 2.44. The van der Waals surface area contributed by atoms with Crippen LogP contribution in [-0.4, -0.2) is 20.9 Å². The van der Waals surface area contributed by atoms with Crippen LogP contribution < -0.4 is 15.2 Å². The van der Waals surface area contributed by atoms with Crippen LogP contribution >= 0.6 is 0 Å². The largest absolute Gasteiger partial charge is 0.490 e. The zero-order valence-electron chi connectivity index (χ0n) is 14.3. The van der Waals surface area contributed by atoms with Gasteiger partial charge in [0.2, 0.25) is 10.0 Å². The molecular formula is C19H17N3O4S. The summed E-state index contributed by atoms with van der Waals surface area (Å²) in [5.74, 6) is 0.0257. The van der Waals surface area contributed by atoms with Crippen molar-refractivity contribution in [2.45, 2.75) is 4.90 Å². The number of carbonyl (C=O) groups excluding carboxylic acids is 1. The lowest BCUT2D eigenvalue weighted by atomic mass is 10.1. The third kappa shape index (κ3) is 5.81. The third-order valence-corrected chi connectivity index (χ3v) is 4.29. The fourth-order valence-corrected chi connectivity index (χ4v) is 2.57. The van der Waals surface area contributed by atoms with Gasteiger partial charge in [0.05, 0.1) is 4.90 Å². The predicted molar refractivity (Wildman–Crippen MR) is 102 cm³/mol. The van der Waals surface area contributed by atoms with E-state index in [9.17, 15) is 18.5 Å². The Hall–Kier alpha value is -3.41. The first kappa shape index (κ1) is 19.9. The summed E-state index contributed by atoms with van der Waals surface area (Å²) in [6.07, 6.45) is 3.06. The molecule has 0 aliphatic heterocycles. The molecule has 0 bridgehead atoms. The highest BCUT2D eigenvalue weighted by atomic mass is 32.2. The minimum Gasteiger partial charge on any atom is -0.490 e. The van der Waals surface area contributed by atoms with Gasteiger partial charge in [0.25, 0.3) is 5.91 Å². The Morgan fingerprint density at radius 2 is 1.81 bits per heavy atom. The molecule has 0 aliphatic rings. The monoisotopic (exact) mass is 383 g/mol. The molecule has 138 valence electrons. The summed E-state index contributed by atoms with van der Waals surface area (Å²) < 4.78 is 27.8. The number of amides is 1. The van der Waals surface area contributed by atoms with Crippen molar-refractivity contribution in [1.29, 1.82) is 5.26 Å². The molecule has 0 aromatic heterocycles. The SMILES string of the molecule is C=CCOc1ccc(/C=C(\C#N)C(=O)Nc2ccc(S(N)(=O)=O)cc2)cc1. The normalized spacial score (nSPS) is 11.3. The molecule has 2 aromatic rings. The van der Waals surface area contributed by atoms with Crippen molar-refractivity contribution in [2.24, 2.45) is 5.14 Å². The van der Waals surface area contributed by atoms with E-state index >= 15 is 0 Å². The van der Waals surface area contributed by atoms with Gasteiger partial charge in [-0.1, -0.05) is 24.8 Å². The molecule has 2 aromatic carbocycles. The molecule has 8 heteroatoms. The molecule has 0 heterocycles. The lowest BCUT2D eigenvalue weighted by molar-refractivity contribution is -0.112. The average Bonchev–Trinajstić information content (AvgIpc) is 2.65. The zero-order chi connectivity index (χ0) is 19.9. The van der Waals surface area contributed by atoms with E-state index in [-0.39, 0.29) is 10.5 Å². The van der Waals surface area contributed by atoms with Gasteiger partial charge in [-0.25, -0.2) is 13.6 Å². The maximum Gasteiger partial charge on any atom is 0.266 e. The van der Waals surface area contributed by atoms with Gasteiger partial charge in [0.1, 0.15) is 24.0 Å². The molecule has 3 N–H and O–H groups in total. The molecule has 27 heavy (non-hydrogen) atoms. The molecular weight excluding hydrogens is 366 g/mol. The van der Waals surface area contributed by atoms with Crippen LogP contribution in [0.3, 0.4) is 0 Å². The second-order valence-electron chi connectivity index (χ2n) is 5.36. The Bertz CT molecular complexity index is 1000. The Balaban J connectivity index is 2.12. The van der Waals surface area contributed by atoms with E-state index in [2.05, 4.69) is 11.9 Å². The average molecular weight is 383 g/mol. The summed E-state index contributed by atoms with van der Waals surface area (Å²) in [4.78, 5) is 12.2. The molecule has 0 atom stereocenters. The number of sulfonamides is 1. The molecule has 0 spiro atoms. The molecule has 1 amide bonds. The van der Waals surface area contributed by atoms with Gasteiger partial charge in [-0.05, 0) is 48.0 Å². The van der Waals surface area contributed by atoms with Crippen LogP contribution in [0, 0.1) is 11.3 Å². The van der Waals surface area contributed by atoms with Gasteiger partial charge in [0.15, 0.2) is 0 Å². The molecule has 0 fully saturated rings. The Labute approximate surface area is 157 Å². The number of ether oxygens (including phenoxy) is 1. The van der Waals surface area contributed by atoms with Crippen molar-refractivity contribution in [3.8, 4) is 11.8 Å². The third-order valence-electron chi connectivity index (χ3n) is 3.36. The van der Waals surface area contributed by atoms with Crippen molar-refractivity contribution >= 4 is 27.7 Å². The summed E-state index contributed by atoms with van der Waals surface area (Å²) in [5, 5.41) is 16.8. The Morgan fingerprint density at radius 1 is 1.19 bits per heavy atom. The first-order valence-corrected chi connectivity index (χ1v) is 9.28. The Kier molecular flexibility index (Phi) is 6.49. The minimum absolute atomic E-state index is 0.0738. The summed E-state index contributed by atoms with van der Waals surface area (Å²) in [6, 6.07) is 14.0. The quantitative estimate of drug-likeness (QED) is 0.432. The van der Waals surface area contributed by atoms with Crippen LogP contribution in [0.1, 0.15) is 5.56 Å². The molecule has 0 saturated carbocycles. The molecule has 0 unspecified atom stereocenters. The number of primary sulfonamides is 1. The van der Waals surface area contributed by atoms with E-state index in [0.717, 1.165) is 0 Å². The van der Waals surface area contributed by atoms with Crippen LogP contribution in [-0.2, 0) is 14.8 Å². The molecule has 0 aliphatic carbocycles. The first-order valence-electron chi connectivity index (χ1n) is 7.73. The van der Waals surface area contributed by atoms with Crippen LogP contribution in [0.4, 0.5) is 5.69 Å². The van der Waals surface area contributed by atoms with Gasteiger partial charge in [-0.2, -0.15) is 5.26 Å². The topological polar surface area (TPSA) is 122 Å². The highest BCUT2D eigenvalue weighted by Crippen LogP contribution is 2.17. The number of nitrogens with two attached hydrogens (primary N) is 1. The summed E-state index contributed by atoms with van der Waals surface area (Å²) in [7, 11) is -3.81. The van der Waals surface area contributed by atoms with Crippen molar-refractivity contribution in [3.63, 3.8) is 0 Å².